The Balaban J connectivity index is 2.42. The van der Waals surface area contributed by atoms with Gasteiger partial charge in [-0.1, -0.05) is 18.6 Å². The molecule has 5 heteroatoms. The van der Waals surface area contributed by atoms with Gasteiger partial charge < -0.3 is 10.1 Å². The van der Waals surface area contributed by atoms with Crippen LogP contribution in [-0.2, 0) is 4.74 Å². The third kappa shape index (κ3) is 6.40. The van der Waals surface area contributed by atoms with Crippen molar-refractivity contribution < 1.29 is 17.9 Å². The van der Waals surface area contributed by atoms with Crippen LogP contribution in [-0.4, -0.2) is 32.0 Å². The molecule has 2 nitrogen and oxygen atoms in total. The van der Waals surface area contributed by atoms with E-state index in [4.69, 9.17) is 4.74 Å². The highest BCUT2D eigenvalue weighted by atomic mass is 19.4. The minimum Gasteiger partial charge on any atom is -0.370 e. The third-order valence-electron chi connectivity index (χ3n) is 2.96. The highest BCUT2D eigenvalue weighted by molar-refractivity contribution is 5.13. The zero-order chi connectivity index (χ0) is 13.4. The van der Waals surface area contributed by atoms with Crippen LogP contribution in [0.25, 0.3) is 0 Å². The highest BCUT2D eigenvalue weighted by Crippen LogP contribution is 2.21. The first-order valence-corrected chi connectivity index (χ1v) is 6.59. The lowest BCUT2D eigenvalue weighted by atomic mass is 9.94. The SMILES string of the molecule is CCCNC(COCC(F)(F)F)C1=CCCCC1. The van der Waals surface area contributed by atoms with Gasteiger partial charge in [0.15, 0.2) is 0 Å². The van der Waals surface area contributed by atoms with E-state index in [2.05, 4.69) is 11.4 Å². The third-order valence-corrected chi connectivity index (χ3v) is 2.96. The molecule has 1 N–H and O–H groups in total. The van der Waals surface area contributed by atoms with Crippen molar-refractivity contribution in [2.75, 3.05) is 19.8 Å². The number of alkyl halides is 3. The zero-order valence-electron chi connectivity index (χ0n) is 10.9. The van der Waals surface area contributed by atoms with Crippen LogP contribution < -0.4 is 5.32 Å². The van der Waals surface area contributed by atoms with Crippen molar-refractivity contribution in [3.05, 3.63) is 11.6 Å². The molecule has 0 saturated heterocycles. The van der Waals surface area contributed by atoms with E-state index in [1.807, 2.05) is 6.92 Å². The van der Waals surface area contributed by atoms with Gasteiger partial charge in [-0.3, -0.25) is 0 Å². The van der Waals surface area contributed by atoms with Gasteiger partial charge in [-0.2, -0.15) is 13.2 Å². The fraction of sp³-hybridized carbons (Fsp3) is 0.846. The van der Waals surface area contributed by atoms with Gasteiger partial charge in [-0.05, 0) is 38.6 Å². The second-order valence-corrected chi connectivity index (χ2v) is 4.66. The van der Waals surface area contributed by atoms with E-state index in [1.165, 1.54) is 12.0 Å². The molecule has 0 radical (unpaired) electrons. The number of nitrogens with one attached hydrogen (secondary N) is 1. The Labute approximate surface area is 107 Å². The van der Waals surface area contributed by atoms with Crippen LogP contribution in [0.3, 0.4) is 0 Å². The Morgan fingerprint density at radius 2 is 2.17 bits per heavy atom. The van der Waals surface area contributed by atoms with Crippen LogP contribution >= 0.6 is 0 Å². The molecule has 18 heavy (non-hydrogen) atoms. The topological polar surface area (TPSA) is 21.3 Å². The van der Waals surface area contributed by atoms with E-state index in [9.17, 15) is 13.2 Å². The smallest absolute Gasteiger partial charge is 0.370 e. The number of ether oxygens (including phenoxy) is 1. The predicted molar refractivity (Wildman–Crippen MR) is 65.5 cm³/mol. The molecular formula is C13H22F3NO. The number of hydrogen-bond donors (Lipinski definition) is 1. The summed E-state index contributed by atoms with van der Waals surface area (Å²) in [5, 5.41) is 3.26. The summed E-state index contributed by atoms with van der Waals surface area (Å²) in [5.41, 5.74) is 1.21. The number of hydrogen-bond acceptors (Lipinski definition) is 2. The molecule has 0 aromatic carbocycles. The molecule has 106 valence electrons. The molecule has 0 heterocycles. The average molecular weight is 265 g/mol. The second kappa shape index (κ2) is 7.79. The summed E-state index contributed by atoms with van der Waals surface area (Å²) in [6, 6.07) is -0.0624. The first-order valence-electron chi connectivity index (χ1n) is 6.59. The molecule has 0 aromatic heterocycles. The van der Waals surface area contributed by atoms with E-state index >= 15 is 0 Å². The molecule has 0 amide bonds. The van der Waals surface area contributed by atoms with Crippen LogP contribution in [0.15, 0.2) is 11.6 Å². The predicted octanol–water partition coefficient (Wildman–Crippen LogP) is 3.43. The highest BCUT2D eigenvalue weighted by Gasteiger charge is 2.28. The summed E-state index contributed by atoms with van der Waals surface area (Å²) in [7, 11) is 0. The van der Waals surface area contributed by atoms with Gasteiger partial charge in [0.2, 0.25) is 0 Å². The molecule has 0 saturated carbocycles. The van der Waals surface area contributed by atoms with Crippen molar-refractivity contribution in [2.45, 2.75) is 51.2 Å². The minimum atomic E-state index is -4.24. The lowest BCUT2D eigenvalue weighted by molar-refractivity contribution is -0.174. The lowest BCUT2D eigenvalue weighted by Gasteiger charge is -2.24. The fourth-order valence-corrected chi connectivity index (χ4v) is 2.09. The van der Waals surface area contributed by atoms with Gasteiger partial charge in [0.05, 0.1) is 12.6 Å². The maximum atomic E-state index is 12.0. The van der Waals surface area contributed by atoms with E-state index in [0.717, 1.165) is 32.2 Å². The fourth-order valence-electron chi connectivity index (χ4n) is 2.09. The summed E-state index contributed by atoms with van der Waals surface area (Å²) in [6.07, 6.45) is 3.16. The molecule has 0 spiro atoms. The van der Waals surface area contributed by atoms with Crippen molar-refractivity contribution in [1.82, 2.24) is 5.32 Å². The Morgan fingerprint density at radius 1 is 1.39 bits per heavy atom. The average Bonchev–Trinajstić information content (AvgIpc) is 2.33. The maximum Gasteiger partial charge on any atom is 0.411 e. The number of allylic oxidation sites excluding steroid dienone is 1. The van der Waals surface area contributed by atoms with Crippen molar-refractivity contribution in [3.8, 4) is 0 Å². The van der Waals surface area contributed by atoms with E-state index in [-0.39, 0.29) is 12.6 Å². The van der Waals surface area contributed by atoms with Crippen molar-refractivity contribution in [1.29, 1.82) is 0 Å². The van der Waals surface area contributed by atoms with E-state index < -0.39 is 12.8 Å². The van der Waals surface area contributed by atoms with Crippen LogP contribution in [0.5, 0.6) is 0 Å². The van der Waals surface area contributed by atoms with Crippen molar-refractivity contribution >= 4 is 0 Å². The Kier molecular flexibility index (Phi) is 6.71. The molecule has 1 atom stereocenters. The van der Waals surface area contributed by atoms with Gasteiger partial charge in [-0.15, -0.1) is 0 Å². The number of rotatable bonds is 7. The largest absolute Gasteiger partial charge is 0.411 e. The van der Waals surface area contributed by atoms with Gasteiger partial charge in [0.25, 0.3) is 0 Å². The summed E-state index contributed by atoms with van der Waals surface area (Å²) < 4.78 is 40.9. The molecule has 0 aromatic rings. The van der Waals surface area contributed by atoms with E-state index in [0.29, 0.717) is 0 Å². The van der Waals surface area contributed by atoms with E-state index in [1.54, 1.807) is 0 Å². The number of halogens is 3. The Morgan fingerprint density at radius 3 is 2.72 bits per heavy atom. The molecule has 1 aliphatic carbocycles. The standard InChI is InChI=1S/C13H22F3NO/c1-2-8-17-12(9-18-10-13(14,15)16)11-6-4-3-5-7-11/h6,12,17H,2-5,7-10H2,1H3. The molecule has 1 rings (SSSR count). The van der Waals surface area contributed by atoms with Crippen molar-refractivity contribution in [2.24, 2.45) is 0 Å². The van der Waals surface area contributed by atoms with Crippen LogP contribution in [0, 0.1) is 0 Å². The second-order valence-electron chi connectivity index (χ2n) is 4.66. The molecule has 0 aliphatic heterocycles. The van der Waals surface area contributed by atoms with Crippen molar-refractivity contribution in [3.63, 3.8) is 0 Å². The van der Waals surface area contributed by atoms with Gasteiger partial charge >= 0.3 is 6.18 Å². The van der Waals surface area contributed by atoms with Crippen LogP contribution in [0.2, 0.25) is 0 Å². The Hall–Kier alpha value is -0.550. The molecule has 0 bridgehead atoms. The quantitative estimate of drug-likeness (QED) is 0.712. The summed E-state index contributed by atoms with van der Waals surface area (Å²) >= 11 is 0. The molecule has 1 unspecified atom stereocenters. The summed E-state index contributed by atoms with van der Waals surface area (Å²) in [5.74, 6) is 0. The monoisotopic (exact) mass is 265 g/mol. The van der Waals surface area contributed by atoms with Gasteiger partial charge in [0.1, 0.15) is 6.61 Å². The Bertz CT molecular complexity index is 263. The van der Waals surface area contributed by atoms with Gasteiger partial charge in [0, 0.05) is 0 Å². The minimum absolute atomic E-state index is 0.0624. The summed E-state index contributed by atoms with van der Waals surface area (Å²) in [6.45, 7) is 1.78. The first-order chi connectivity index (χ1) is 8.53. The molecule has 0 fully saturated rings. The van der Waals surface area contributed by atoms with Crippen LogP contribution in [0.4, 0.5) is 13.2 Å². The normalized spacial score (nSPS) is 18.6. The zero-order valence-corrected chi connectivity index (χ0v) is 10.9. The molecular weight excluding hydrogens is 243 g/mol. The maximum absolute atomic E-state index is 12.0. The first kappa shape index (κ1) is 15.5. The lowest BCUT2D eigenvalue weighted by Crippen LogP contribution is -2.37. The molecule has 1 aliphatic rings. The summed E-state index contributed by atoms with van der Waals surface area (Å²) in [4.78, 5) is 0. The van der Waals surface area contributed by atoms with Gasteiger partial charge in [-0.25, -0.2) is 0 Å². The van der Waals surface area contributed by atoms with Crippen LogP contribution in [0.1, 0.15) is 39.0 Å².